The molecule has 4 rings (SSSR count). The highest BCUT2D eigenvalue weighted by Crippen LogP contribution is 2.23. The van der Waals surface area contributed by atoms with Crippen LogP contribution in [0, 0.1) is 13.8 Å². The van der Waals surface area contributed by atoms with E-state index in [2.05, 4.69) is 25.6 Å². The van der Waals surface area contributed by atoms with E-state index in [0.717, 1.165) is 28.4 Å². The van der Waals surface area contributed by atoms with Gasteiger partial charge in [0.05, 0.1) is 18.5 Å². The molecule has 2 aromatic carbocycles. The molecule has 1 N–H and O–H groups in total. The summed E-state index contributed by atoms with van der Waals surface area (Å²) >= 11 is 1.45. The number of methoxy groups -OCH3 is 1. The molecule has 0 aliphatic carbocycles. The zero-order valence-corrected chi connectivity index (χ0v) is 19.5. The second-order valence-corrected chi connectivity index (χ2v) is 8.33. The normalized spacial score (nSPS) is 10.8. The Morgan fingerprint density at radius 1 is 1.03 bits per heavy atom. The minimum absolute atomic E-state index is 0.282. The summed E-state index contributed by atoms with van der Waals surface area (Å²) in [6.07, 6.45) is 0. The molecule has 2 aromatic heterocycles. The fourth-order valence-electron chi connectivity index (χ4n) is 3.28. The Morgan fingerprint density at radius 3 is 2.39 bits per heavy atom. The van der Waals surface area contributed by atoms with Crippen LogP contribution in [0.25, 0.3) is 5.69 Å². The van der Waals surface area contributed by atoms with Crippen LogP contribution in [-0.4, -0.2) is 38.0 Å². The monoisotopic (exact) mass is 460 g/mol. The third kappa shape index (κ3) is 5.56. The van der Waals surface area contributed by atoms with Gasteiger partial charge < -0.3 is 10.1 Å². The average Bonchev–Trinajstić information content (AvgIpc) is 3.25. The first-order valence-corrected chi connectivity index (χ1v) is 11.4. The van der Waals surface area contributed by atoms with E-state index in [1.807, 2.05) is 74.5 Å². The van der Waals surface area contributed by atoms with Gasteiger partial charge in [0.2, 0.25) is 0 Å². The summed E-state index contributed by atoms with van der Waals surface area (Å²) in [4.78, 5) is 22.0. The molecular formula is C24H24N6O2S. The lowest BCUT2D eigenvalue weighted by Crippen LogP contribution is -2.24. The number of aromatic nitrogens is 5. The molecule has 8 nitrogen and oxygen atoms in total. The first kappa shape index (κ1) is 22.5. The van der Waals surface area contributed by atoms with Crippen molar-refractivity contribution < 1.29 is 9.53 Å². The number of hydrogen-bond donors (Lipinski definition) is 1. The highest BCUT2D eigenvalue weighted by Gasteiger charge is 2.21. The van der Waals surface area contributed by atoms with E-state index in [1.165, 1.54) is 11.8 Å². The van der Waals surface area contributed by atoms with Crippen molar-refractivity contribution in [1.82, 2.24) is 30.3 Å². The molecule has 0 spiro atoms. The molecule has 0 fully saturated rings. The van der Waals surface area contributed by atoms with E-state index >= 15 is 0 Å². The van der Waals surface area contributed by atoms with Gasteiger partial charge in [0.15, 0.2) is 10.9 Å². The van der Waals surface area contributed by atoms with Gasteiger partial charge in [-0.1, -0.05) is 47.3 Å². The van der Waals surface area contributed by atoms with Crippen molar-refractivity contribution >= 4 is 17.7 Å². The Kier molecular flexibility index (Phi) is 6.99. The minimum Gasteiger partial charge on any atom is -0.497 e. The Labute approximate surface area is 196 Å². The van der Waals surface area contributed by atoms with Crippen molar-refractivity contribution in [1.29, 1.82) is 0 Å². The quantitative estimate of drug-likeness (QED) is 0.315. The van der Waals surface area contributed by atoms with Gasteiger partial charge >= 0.3 is 0 Å². The van der Waals surface area contributed by atoms with E-state index in [-0.39, 0.29) is 11.6 Å². The van der Waals surface area contributed by atoms with Gasteiger partial charge in [-0.25, -0.2) is 14.6 Å². The van der Waals surface area contributed by atoms with Crippen LogP contribution in [0.15, 0.2) is 65.8 Å². The van der Waals surface area contributed by atoms with Gasteiger partial charge in [0, 0.05) is 23.7 Å². The predicted molar refractivity (Wildman–Crippen MR) is 127 cm³/mol. The maximum atomic E-state index is 13.0. The number of nitrogens with zero attached hydrogens (tertiary/aromatic N) is 5. The Hall–Kier alpha value is -3.72. The second kappa shape index (κ2) is 10.3. The highest BCUT2D eigenvalue weighted by atomic mass is 32.2. The van der Waals surface area contributed by atoms with Crippen LogP contribution in [0.1, 0.15) is 33.1 Å². The van der Waals surface area contributed by atoms with Crippen molar-refractivity contribution in [2.75, 3.05) is 7.11 Å². The number of para-hydroxylation sites is 1. The summed E-state index contributed by atoms with van der Waals surface area (Å²) in [6.45, 7) is 4.24. The number of ether oxygens (including phenoxy) is 1. The Morgan fingerprint density at radius 2 is 1.73 bits per heavy atom. The lowest BCUT2D eigenvalue weighted by molar-refractivity contribution is 0.0945. The second-order valence-electron chi connectivity index (χ2n) is 7.38. The van der Waals surface area contributed by atoms with Crippen LogP contribution in [0.4, 0.5) is 0 Å². The first-order chi connectivity index (χ1) is 16.0. The molecule has 0 aliphatic rings. The van der Waals surface area contributed by atoms with Crippen molar-refractivity contribution in [2.45, 2.75) is 31.3 Å². The molecule has 0 radical (unpaired) electrons. The van der Waals surface area contributed by atoms with E-state index < -0.39 is 0 Å². The molecule has 0 saturated carbocycles. The number of hydrogen-bond acceptors (Lipinski definition) is 7. The third-order valence-electron chi connectivity index (χ3n) is 4.89. The van der Waals surface area contributed by atoms with Gasteiger partial charge in [-0.05, 0) is 49.7 Å². The molecule has 1 amide bonds. The minimum atomic E-state index is -0.287. The molecule has 0 unspecified atom stereocenters. The van der Waals surface area contributed by atoms with E-state index in [0.29, 0.717) is 23.1 Å². The zero-order chi connectivity index (χ0) is 23.2. The Balaban J connectivity index is 1.57. The van der Waals surface area contributed by atoms with Crippen LogP contribution >= 0.6 is 11.8 Å². The van der Waals surface area contributed by atoms with Crippen molar-refractivity contribution in [3.63, 3.8) is 0 Å². The van der Waals surface area contributed by atoms with Crippen LogP contribution < -0.4 is 10.1 Å². The predicted octanol–water partition coefficient (Wildman–Crippen LogP) is 3.91. The fraction of sp³-hybridized carbons (Fsp3) is 0.208. The van der Waals surface area contributed by atoms with E-state index in [9.17, 15) is 4.79 Å². The topological polar surface area (TPSA) is 94.8 Å². The maximum Gasteiger partial charge on any atom is 0.274 e. The number of thioether (sulfide) groups is 1. The van der Waals surface area contributed by atoms with Gasteiger partial charge in [-0.15, -0.1) is 5.10 Å². The molecule has 0 aliphatic heterocycles. The number of rotatable bonds is 8. The molecule has 33 heavy (non-hydrogen) atoms. The third-order valence-corrected chi connectivity index (χ3v) is 5.75. The molecule has 2 heterocycles. The molecule has 0 atom stereocenters. The molecule has 9 heteroatoms. The highest BCUT2D eigenvalue weighted by molar-refractivity contribution is 7.98. The lowest BCUT2D eigenvalue weighted by atomic mass is 10.2. The number of carbonyl (C=O) groups is 1. The molecular weight excluding hydrogens is 436 g/mol. The van der Waals surface area contributed by atoms with Gasteiger partial charge in [-0.3, -0.25) is 4.79 Å². The summed E-state index contributed by atoms with van der Waals surface area (Å²) in [5.41, 5.74) is 4.55. The van der Waals surface area contributed by atoms with Crippen molar-refractivity contribution in [3.05, 3.63) is 89.0 Å². The maximum absolute atomic E-state index is 13.0. The number of benzene rings is 2. The lowest BCUT2D eigenvalue weighted by Gasteiger charge is -2.09. The summed E-state index contributed by atoms with van der Waals surface area (Å²) in [5, 5.41) is 12.1. The first-order valence-electron chi connectivity index (χ1n) is 10.4. The molecule has 168 valence electrons. The number of aryl methyl sites for hydroxylation is 2. The summed E-state index contributed by atoms with van der Waals surface area (Å²) in [5.74, 6) is 0.921. The smallest absolute Gasteiger partial charge is 0.274 e. The summed E-state index contributed by atoms with van der Waals surface area (Å²) in [7, 11) is 1.62. The molecule has 0 bridgehead atoms. The van der Waals surface area contributed by atoms with Crippen LogP contribution in [0.2, 0.25) is 0 Å². The average molecular weight is 461 g/mol. The van der Waals surface area contributed by atoms with Crippen LogP contribution in [0.5, 0.6) is 5.75 Å². The number of nitrogens with one attached hydrogen (secondary N) is 1. The van der Waals surface area contributed by atoms with Crippen molar-refractivity contribution in [3.8, 4) is 11.4 Å². The van der Waals surface area contributed by atoms with E-state index in [4.69, 9.17) is 4.74 Å². The van der Waals surface area contributed by atoms with Crippen molar-refractivity contribution in [2.24, 2.45) is 0 Å². The molecule has 4 aromatic rings. The fourth-order valence-corrected chi connectivity index (χ4v) is 4.23. The standard InChI is InChI=1S/C24H24N6O2S/c1-16-13-17(2)27-24(26-16)33-15-21-22(28-29-30(21)19-7-5-4-6-8-19)23(31)25-14-18-9-11-20(32-3)12-10-18/h4-13H,14-15H2,1-3H3,(H,25,31). The molecule has 0 saturated heterocycles. The SMILES string of the molecule is COc1ccc(CNC(=O)c2nnn(-c3ccccc3)c2CSc2nc(C)cc(C)n2)cc1. The number of carbonyl (C=O) groups excluding carboxylic acids is 1. The van der Waals surface area contributed by atoms with Gasteiger partial charge in [0.25, 0.3) is 5.91 Å². The summed E-state index contributed by atoms with van der Waals surface area (Å²) in [6, 6.07) is 19.1. The Bertz CT molecular complexity index is 1220. The van der Waals surface area contributed by atoms with E-state index in [1.54, 1.807) is 11.8 Å². The summed E-state index contributed by atoms with van der Waals surface area (Å²) < 4.78 is 6.87. The number of amides is 1. The van der Waals surface area contributed by atoms with Crippen LogP contribution in [-0.2, 0) is 12.3 Å². The van der Waals surface area contributed by atoms with Gasteiger partial charge in [-0.2, -0.15) is 0 Å². The largest absolute Gasteiger partial charge is 0.497 e. The van der Waals surface area contributed by atoms with Crippen LogP contribution in [0.3, 0.4) is 0 Å². The van der Waals surface area contributed by atoms with Gasteiger partial charge in [0.1, 0.15) is 5.75 Å². The zero-order valence-electron chi connectivity index (χ0n) is 18.6.